The van der Waals surface area contributed by atoms with Crippen molar-refractivity contribution in [3.05, 3.63) is 45.6 Å². The summed E-state index contributed by atoms with van der Waals surface area (Å²) in [5, 5.41) is 8.53. The van der Waals surface area contributed by atoms with Gasteiger partial charge in [0.25, 0.3) is 0 Å². The van der Waals surface area contributed by atoms with Crippen LogP contribution in [0, 0.1) is 0 Å². The van der Waals surface area contributed by atoms with Crippen molar-refractivity contribution in [1.29, 1.82) is 0 Å². The Kier molecular flexibility index (Phi) is 5.90. The minimum Gasteiger partial charge on any atom is -0.495 e. The maximum absolute atomic E-state index is 11.8. The van der Waals surface area contributed by atoms with Crippen molar-refractivity contribution in [2.45, 2.75) is 6.42 Å². The van der Waals surface area contributed by atoms with Crippen molar-refractivity contribution in [3.63, 3.8) is 0 Å². The molecule has 0 aliphatic rings. The molecule has 1 aromatic carbocycles. The molecule has 1 amide bonds. The molecule has 0 aliphatic heterocycles. The number of ether oxygens (including phenoxy) is 1. The summed E-state index contributed by atoms with van der Waals surface area (Å²) in [5.74, 6) is 0.597. The summed E-state index contributed by atoms with van der Waals surface area (Å²) in [4.78, 5) is 13.0. The molecule has 2 N–H and O–H groups in total. The van der Waals surface area contributed by atoms with E-state index in [0.29, 0.717) is 23.0 Å². The van der Waals surface area contributed by atoms with Crippen LogP contribution in [-0.4, -0.2) is 26.1 Å². The second-order valence-corrected chi connectivity index (χ2v) is 5.85. The lowest BCUT2D eigenvalue weighted by Crippen LogP contribution is -2.31. The van der Waals surface area contributed by atoms with Crippen LogP contribution in [0.25, 0.3) is 0 Å². The molecule has 112 valence electrons. The van der Waals surface area contributed by atoms with E-state index in [9.17, 15) is 4.79 Å². The molecular formula is C15H17ClN2O2S. The SMILES string of the molecule is COc1ccc(Cl)cc1NCC(=O)NCCc1cccs1. The van der Waals surface area contributed by atoms with Gasteiger partial charge >= 0.3 is 0 Å². The zero-order chi connectivity index (χ0) is 15.1. The number of halogens is 1. The summed E-state index contributed by atoms with van der Waals surface area (Å²) in [7, 11) is 1.58. The largest absolute Gasteiger partial charge is 0.495 e. The van der Waals surface area contributed by atoms with E-state index in [0.717, 1.165) is 6.42 Å². The van der Waals surface area contributed by atoms with Gasteiger partial charge in [-0.25, -0.2) is 0 Å². The summed E-state index contributed by atoms with van der Waals surface area (Å²) in [5.41, 5.74) is 0.707. The molecule has 4 nitrogen and oxygen atoms in total. The topological polar surface area (TPSA) is 50.4 Å². The average molecular weight is 325 g/mol. The van der Waals surface area contributed by atoms with Gasteiger partial charge in [-0.1, -0.05) is 17.7 Å². The highest BCUT2D eigenvalue weighted by Crippen LogP contribution is 2.27. The van der Waals surface area contributed by atoms with Gasteiger partial charge in [0.1, 0.15) is 5.75 Å². The second-order valence-electron chi connectivity index (χ2n) is 4.38. The molecule has 1 aromatic heterocycles. The molecule has 0 unspecified atom stereocenters. The minimum atomic E-state index is -0.0615. The van der Waals surface area contributed by atoms with Gasteiger partial charge in [-0.05, 0) is 36.1 Å². The molecule has 0 fully saturated rings. The van der Waals surface area contributed by atoms with Gasteiger partial charge in [0.2, 0.25) is 5.91 Å². The lowest BCUT2D eigenvalue weighted by atomic mass is 10.3. The smallest absolute Gasteiger partial charge is 0.239 e. The van der Waals surface area contributed by atoms with E-state index in [1.165, 1.54) is 4.88 Å². The molecule has 0 spiro atoms. The molecule has 6 heteroatoms. The number of amides is 1. The Labute approximate surface area is 133 Å². The highest BCUT2D eigenvalue weighted by molar-refractivity contribution is 7.09. The molecule has 0 saturated carbocycles. The Morgan fingerprint density at radius 3 is 2.95 bits per heavy atom. The maximum Gasteiger partial charge on any atom is 0.239 e. The zero-order valence-corrected chi connectivity index (χ0v) is 13.3. The number of thiophene rings is 1. The van der Waals surface area contributed by atoms with Crippen molar-refractivity contribution in [2.75, 3.05) is 25.5 Å². The third-order valence-electron chi connectivity index (χ3n) is 2.87. The van der Waals surface area contributed by atoms with Gasteiger partial charge in [-0.3, -0.25) is 4.79 Å². The highest BCUT2D eigenvalue weighted by atomic mass is 35.5. The first kappa shape index (κ1) is 15.7. The molecular weight excluding hydrogens is 308 g/mol. The number of hydrogen-bond donors (Lipinski definition) is 2. The third-order valence-corrected chi connectivity index (χ3v) is 4.05. The molecule has 0 saturated heterocycles. The third kappa shape index (κ3) is 4.95. The predicted molar refractivity (Wildman–Crippen MR) is 87.5 cm³/mol. The van der Waals surface area contributed by atoms with Gasteiger partial charge < -0.3 is 15.4 Å². The predicted octanol–water partition coefficient (Wildman–Crippen LogP) is 3.18. The van der Waals surface area contributed by atoms with E-state index in [1.807, 2.05) is 11.4 Å². The Bertz CT molecular complexity index is 587. The Morgan fingerprint density at radius 2 is 2.24 bits per heavy atom. The van der Waals surface area contributed by atoms with Crippen LogP contribution in [0.2, 0.25) is 5.02 Å². The quantitative estimate of drug-likeness (QED) is 0.822. The van der Waals surface area contributed by atoms with E-state index < -0.39 is 0 Å². The standard InChI is InChI=1S/C15H17ClN2O2S/c1-20-14-5-4-11(16)9-13(14)18-10-15(19)17-7-6-12-3-2-8-21-12/h2-5,8-9,18H,6-7,10H2,1H3,(H,17,19). The van der Waals surface area contributed by atoms with E-state index in [1.54, 1.807) is 36.6 Å². The fourth-order valence-corrected chi connectivity index (χ4v) is 2.72. The summed E-state index contributed by atoms with van der Waals surface area (Å²) in [6, 6.07) is 9.31. The van der Waals surface area contributed by atoms with E-state index in [2.05, 4.69) is 16.7 Å². The summed E-state index contributed by atoms with van der Waals surface area (Å²) in [6.45, 7) is 0.814. The highest BCUT2D eigenvalue weighted by Gasteiger charge is 2.06. The molecule has 1 heterocycles. The van der Waals surface area contributed by atoms with E-state index in [4.69, 9.17) is 16.3 Å². The number of anilines is 1. The fourth-order valence-electron chi connectivity index (χ4n) is 1.84. The van der Waals surface area contributed by atoms with Crippen LogP contribution >= 0.6 is 22.9 Å². The molecule has 21 heavy (non-hydrogen) atoms. The number of hydrogen-bond acceptors (Lipinski definition) is 4. The van der Waals surface area contributed by atoms with Crippen molar-refractivity contribution in [2.24, 2.45) is 0 Å². The van der Waals surface area contributed by atoms with Crippen LogP contribution in [0.3, 0.4) is 0 Å². The molecule has 0 radical (unpaired) electrons. The van der Waals surface area contributed by atoms with Gasteiger partial charge in [-0.2, -0.15) is 0 Å². The van der Waals surface area contributed by atoms with E-state index in [-0.39, 0.29) is 12.5 Å². The number of nitrogens with one attached hydrogen (secondary N) is 2. The van der Waals surface area contributed by atoms with Gasteiger partial charge in [0.05, 0.1) is 19.3 Å². The van der Waals surface area contributed by atoms with Gasteiger partial charge in [0.15, 0.2) is 0 Å². The minimum absolute atomic E-state index is 0.0615. The first-order valence-electron chi connectivity index (χ1n) is 6.55. The van der Waals surface area contributed by atoms with Crippen LogP contribution in [0.1, 0.15) is 4.88 Å². The van der Waals surface area contributed by atoms with Gasteiger partial charge in [0, 0.05) is 16.4 Å². The number of methoxy groups -OCH3 is 1. The van der Waals surface area contributed by atoms with Crippen LogP contribution < -0.4 is 15.4 Å². The van der Waals surface area contributed by atoms with Crippen molar-refractivity contribution in [1.82, 2.24) is 5.32 Å². The molecule has 2 rings (SSSR count). The van der Waals surface area contributed by atoms with E-state index >= 15 is 0 Å². The summed E-state index contributed by atoms with van der Waals surface area (Å²) < 4.78 is 5.21. The van der Waals surface area contributed by atoms with Crippen LogP contribution in [-0.2, 0) is 11.2 Å². The number of benzene rings is 1. The maximum atomic E-state index is 11.8. The second kappa shape index (κ2) is 7.90. The molecule has 0 bridgehead atoms. The normalized spacial score (nSPS) is 10.2. The Balaban J connectivity index is 1.77. The first-order chi connectivity index (χ1) is 10.2. The summed E-state index contributed by atoms with van der Waals surface area (Å²) >= 11 is 7.63. The summed E-state index contributed by atoms with van der Waals surface area (Å²) in [6.07, 6.45) is 0.851. The van der Waals surface area contributed by atoms with Crippen LogP contribution in [0.15, 0.2) is 35.7 Å². The molecule has 0 atom stereocenters. The molecule has 0 aliphatic carbocycles. The van der Waals surface area contributed by atoms with Crippen molar-refractivity contribution in [3.8, 4) is 5.75 Å². The molecule has 2 aromatic rings. The van der Waals surface area contributed by atoms with Crippen molar-refractivity contribution >= 4 is 34.5 Å². The monoisotopic (exact) mass is 324 g/mol. The lowest BCUT2D eigenvalue weighted by molar-refractivity contribution is -0.119. The van der Waals surface area contributed by atoms with Gasteiger partial charge in [-0.15, -0.1) is 11.3 Å². The number of rotatable bonds is 7. The first-order valence-corrected chi connectivity index (χ1v) is 7.81. The number of carbonyl (C=O) groups excluding carboxylic acids is 1. The number of carbonyl (C=O) groups is 1. The van der Waals surface area contributed by atoms with Crippen LogP contribution in [0.5, 0.6) is 5.75 Å². The van der Waals surface area contributed by atoms with Crippen molar-refractivity contribution < 1.29 is 9.53 Å². The van der Waals surface area contributed by atoms with Crippen LogP contribution in [0.4, 0.5) is 5.69 Å². The fraction of sp³-hybridized carbons (Fsp3) is 0.267. The Morgan fingerprint density at radius 1 is 1.38 bits per heavy atom. The zero-order valence-electron chi connectivity index (χ0n) is 11.7. The average Bonchev–Trinajstić information content (AvgIpc) is 2.98. The lowest BCUT2D eigenvalue weighted by Gasteiger charge is -2.11. The Hall–Kier alpha value is -1.72.